The maximum atomic E-state index is 13.6. The van der Waals surface area contributed by atoms with Crippen molar-refractivity contribution in [1.29, 1.82) is 0 Å². The number of hydrogen-bond acceptors (Lipinski definition) is 1. The Kier molecular flexibility index (Phi) is 12.8. The van der Waals surface area contributed by atoms with Crippen molar-refractivity contribution >= 4 is 23.3 Å². The average Bonchev–Trinajstić information content (AvgIpc) is 2.65. The van der Waals surface area contributed by atoms with Crippen molar-refractivity contribution in [1.82, 2.24) is 0 Å². The molecule has 0 saturated carbocycles. The van der Waals surface area contributed by atoms with Gasteiger partial charge in [-0.15, -0.1) is 0 Å². The molecule has 0 aliphatic heterocycles. The van der Waals surface area contributed by atoms with Crippen LogP contribution in [-0.4, -0.2) is 18.3 Å². The zero-order valence-corrected chi connectivity index (χ0v) is 16.1. The van der Waals surface area contributed by atoms with Gasteiger partial charge in [0.15, 0.2) is 0 Å². The van der Waals surface area contributed by atoms with Crippen LogP contribution in [0.15, 0.2) is 42.5 Å². The molecular weight excluding hydrogens is 356 g/mol. The molecule has 0 aliphatic rings. The largest absolute Gasteiger partial charge is 0.392 e. The lowest BCUT2D eigenvalue weighted by Crippen LogP contribution is -1.95. The van der Waals surface area contributed by atoms with Crippen molar-refractivity contribution < 1.29 is 13.9 Å². The molecule has 5 heteroatoms. The molecule has 0 amide bonds. The summed E-state index contributed by atoms with van der Waals surface area (Å²) in [6.07, 6.45) is 2.68. The highest BCUT2D eigenvalue weighted by Crippen LogP contribution is 2.22. The zero-order valence-electron chi connectivity index (χ0n) is 15.3. The van der Waals surface area contributed by atoms with Crippen molar-refractivity contribution in [3.63, 3.8) is 0 Å². The summed E-state index contributed by atoms with van der Waals surface area (Å²) in [5.41, 5.74) is 1.33. The molecule has 2 rings (SSSR count). The highest BCUT2D eigenvalue weighted by atomic mass is 35.5. The van der Waals surface area contributed by atoms with Crippen molar-refractivity contribution in [2.24, 2.45) is 0 Å². The number of hydrogen-bond donors (Lipinski definition) is 1. The Balaban J connectivity index is 0.000000772. The van der Waals surface area contributed by atoms with E-state index in [9.17, 15) is 13.9 Å². The van der Waals surface area contributed by atoms with E-state index >= 15 is 0 Å². The third-order valence-electron chi connectivity index (χ3n) is 3.01. The standard InChI is InChI=1S/C15H11ClF2O.C4H8N.C2H6/c16-12-3-1-10(2-4-12)7-11(9-19)14-6-5-13(17)8-15(14)18;1-3-4-5-2;1-2/h1-8,19H,9H2;2H,3-4H2,1H3;1-2H3/q;+1;/b11-7-;;. The van der Waals surface area contributed by atoms with E-state index in [0.717, 1.165) is 30.7 Å². The second-order valence-electron chi connectivity index (χ2n) is 4.91. The van der Waals surface area contributed by atoms with E-state index in [2.05, 4.69) is 4.85 Å². The molecule has 0 spiro atoms. The van der Waals surface area contributed by atoms with E-state index in [4.69, 9.17) is 18.2 Å². The van der Waals surface area contributed by atoms with Gasteiger partial charge in [0.05, 0.1) is 6.61 Å². The van der Waals surface area contributed by atoms with Gasteiger partial charge in [0.25, 0.3) is 13.1 Å². The second kappa shape index (κ2) is 14.0. The third kappa shape index (κ3) is 8.75. The van der Waals surface area contributed by atoms with Crippen LogP contribution in [0.3, 0.4) is 0 Å². The molecule has 140 valence electrons. The lowest BCUT2D eigenvalue weighted by Gasteiger charge is -2.06. The fourth-order valence-corrected chi connectivity index (χ4v) is 1.97. The molecule has 0 fully saturated rings. The summed E-state index contributed by atoms with van der Waals surface area (Å²) in [5.74, 6) is -1.35. The van der Waals surface area contributed by atoms with Crippen molar-refractivity contribution in [2.45, 2.75) is 27.2 Å². The van der Waals surface area contributed by atoms with Gasteiger partial charge in [-0.1, -0.05) is 49.3 Å². The zero-order chi connectivity index (χ0) is 19.9. The molecular formula is C21H25ClF2NO+. The number of aliphatic hydroxyl groups is 1. The molecule has 2 aromatic rings. The van der Waals surface area contributed by atoms with Crippen LogP contribution in [-0.2, 0) is 0 Å². The van der Waals surface area contributed by atoms with Crippen LogP contribution in [0.5, 0.6) is 0 Å². The monoisotopic (exact) mass is 380 g/mol. The van der Waals surface area contributed by atoms with Gasteiger partial charge in [0.2, 0.25) is 0 Å². The van der Waals surface area contributed by atoms with Crippen LogP contribution >= 0.6 is 11.6 Å². The minimum Gasteiger partial charge on any atom is -0.392 e. The molecule has 0 unspecified atom stereocenters. The Morgan fingerprint density at radius 2 is 1.77 bits per heavy atom. The Bertz CT molecular complexity index is 722. The SMILES string of the molecule is C#[N+]CCC.CC.OC/C(=C/c1ccc(Cl)cc1)c1ccc(F)cc1F. The van der Waals surface area contributed by atoms with Crippen LogP contribution in [0, 0.1) is 18.2 Å². The molecule has 0 aliphatic carbocycles. The minimum absolute atomic E-state index is 0.179. The molecule has 2 nitrogen and oxygen atoms in total. The van der Waals surface area contributed by atoms with E-state index < -0.39 is 11.6 Å². The Morgan fingerprint density at radius 3 is 2.19 bits per heavy atom. The molecule has 0 aromatic heterocycles. The van der Waals surface area contributed by atoms with E-state index in [1.165, 1.54) is 6.07 Å². The maximum absolute atomic E-state index is 13.6. The predicted octanol–water partition coefficient (Wildman–Crippen LogP) is 6.54. The molecule has 0 saturated heterocycles. The fraction of sp³-hybridized carbons (Fsp3) is 0.286. The molecule has 1 N–H and O–H groups in total. The summed E-state index contributed by atoms with van der Waals surface area (Å²) in [5, 5.41) is 9.93. The van der Waals surface area contributed by atoms with Crippen molar-refractivity contribution in [2.75, 3.05) is 13.2 Å². The summed E-state index contributed by atoms with van der Waals surface area (Å²) in [6, 6.07) is 10.2. The average molecular weight is 381 g/mol. The van der Waals surface area contributed by atoms with Crippen LogP contribution in [0.4, 0.5) is 8.78 Å². The van der Waals surface area contributed by atoms with Crippen LogP contribution in [0.1, 0.15) is 38.3 Å². The second-order valence-corrected chi connectivity index (χ2v) is 5.35. The topological polar surface area (TPSA) is 24.6 Å². The highest BCUT2D eigenvalue weighted by molar-refractivity contribution is 6.30. The summed E-state index contributed by atoms with van der Waals surface area (Å²) >= 11 is 5.77. The molecule has 0 atom stereocenters. The van der Waals surface area contributed by atoms with Gasteiger partial charge in [0, 0.05) is 23.1 Å². The van der Waals surface area contributed by atoms with E-state index in [0.29, 0.717) is 10.6 Å². The highest BCUT2D eigenvalue weighted by Gasteiger charge is 2.08. The smallest absolute Gasteiger partial charge is 0.263 e. The summed E-state index contributed by atoms with van der Waals surface area (Å²) in [6.45, 7) is 11.3. The normalized spacial score (nSPS) is 10.0. The van der Waals surface area contributed by atoms with Gasteiger partial charge in [-0.25, -0.2) is 8.78 Å². The molecule has 0 bridgehead atoms. The van der Waals surface area contributed by atoms with Crippen molar-refractivity contribution in [3.8, 4) is 6.57 Å². The summed E-state index contributed by atoms with van der Waals surface area (Å²) in [7, 11) is 0. The minimum atomic E-state index is -0.700. The van der Waals surface area contributed by atoms with Gasteiger partial charge in [-0.2, -0.15) is 0 Å². The van der Waals surface area contributed by atoms with E-state index in [-0.39, 0.29) is 12.2 Å². The van der Waals surface area contributed by atoms with Gasteiger partial charge < -0.3 is 5.11 Å². The lowest BCUT2D eigenvalue weighted by atomic mass is 10.0. The number of benzene rings is 2. The Labute approximate surface area is 159 Å². The van der Waals surface area contributed by atoms with Gasteiger partial charge in [-0.05, 0) is 41.5 Å². The first-order valence-electron chi connectivity index (χ1n) is 8.41. The third-order valence-corrected chi connectivity index (χ3v) is 3.26. The van der Waals surface area contributed by atoms with Gasteiger partial charge >= 0.3 is 0 Å². The first kappa shape index (κ1) is 23.8. The van der Waals surface area contributed by atoms with Crippen LogP contribution in [0.2, 0.25) is 5.02 Å². The number of aliphatic hydroxyl groups excluding tert-OH is 1. The first-order valence-corrected chi connectivity index (χ1v) is 8.78. The lowest BCUT2D eigenvalue weighted by molar-refractivity contribution is 0.350. The molecule has 0 heterocycles. The van der Waals surface area contributed by atoms with Crippen LogP contribution in [0.25, 0.3) is 16.5 Å². The molecule has 2 aromatic carbocycles. The maximum Gasteiger partial charge on any atom is 0.263 e. The van der Waals surface area contributed by atoms with Crippen LogP contribution < -0.4 is 0 Å². The fourth-order valence-electron chi connectivity index (χ4n) is 1.85. The van der Waals surface area contributed by atoms with E-state index in [1.807, 2.05) is 20.8 Å². The molecule has 0 radical (unpaired) electrons. The molecule has 26 heavy (non-hydrogen) atoms. The number of nitrogens with zero attached hydrogens (tertiary/aromatic N) is 1. The Hall–Kier alpha value is -2.22. The van der Waals surface area contributed by atoms with Gasteiger partial charge in [0.1, 0.15) is 11.6 Å². The Morgan fingerprint density at radius 1 is 1.15 bits per heavy atom. The number of rotatable bonds is 4. The summed E-state index contributed by atoms with van der Waals surface area (Å²) < 4.78 is 26.5. The predicted molar refractivity (Wildman–Crippen MR) is 108 cm³/mol. The summed E-state index contributed by atoms with van der Waals surface area (Å²) in [4.78, 5) is 3.35. The van der Waals surface area contributed by atoms with Crippen molar-refractivity contribution in [3.05, 3.63) is 75.1 Å². The first-order chi connectivity index (χ1) is 12.5. The quantitative estimate of drug-likeness (QED) is 0.598. The number of halogens is 3. The van der Waals surface area contributed by atoms with E-state index in [1.54, 1.807) is 30.3 Å². The van der Waals surface area contributed by atoms with Gasteiger partial charge in [-0.3, -0.25) is 0 Å².